The lowest BCUT2D eigenvalue weighted by atomic mass is 10.1. The van der Waals surface area contributed by atoms with Crippen molar-refractivity contribution in [3.05, 3.63) is 29.8 Å². The van der Waals surface area contributed by atoms with Crippen molar-refractivity contribution in [2.75, 3.05) is 18.0 Å². The van der Waals surface area contributed by atoms with Gasteiger partial charge in [0.15, 0.2) is 0 Å². The molecule has 2 nitrogen and oxygen atoms in total. The average molecular weight is 272 g/mol. The molecule has 0 bridgehead atoms. The zero-order valence-electron chi connectivity index (χ0n) is 12.8. The van der Waals surface area contributed by atoms with Gasteiger partial charge >= 0.3 is 0 Å². The molecular formula is C18H28N2. The van der Waals surface area contributed by atoms with E-state index in [1.54, 1.807) is 0 Å². The summed E-state index contributed by atoms with van der Waals surface area (Å²) < 4.78 is 0. The van der Waals surface area contributed by atoms with Gasteiger partial charge in [0, 0.05) is 30.9 Å². The molecule has 1 saturated carbocycles. The van der Waals surface area contributed by atoms with Crippen LogP contribution in [0.25, 0.3) is 0 Å². The largest absolute Gasteiger partial charge is 0.367 e. The molecular weight excluding hydrogens is 244 g/mol. The Balaban J connectivity index is 1.51. The quantitative estimate of drug-likeness (QED) is 0.840. The summed E-state index contributed by atoms with van der Waals surface area (Å²) in [6, 6.07) is 10.3. The summed E-state index contributed by atoms with van der Waals surface area (Å²) in [5.74, 6) is 0. The third-order valence-electron chi connectivity index (χ3n) is 4.99. The van der Waals surface area contributed by atoms with Gasteiger partial charge in [0.2, 0.25) is 0 Å². The second kappa shape index (κ2) is 6.62. The second-order valence-corrected chi connectivity index (χ2v) is 6.52. The number of benzene rings is 1. The van der Waals surface area contributed by atoms with Crippen LogP contribution in [0.2, 0.25) is 0 Å². The highest BCUT2D eigenvalue weighted by atomic mass is 15.2. The minimum absolute atomic E-state index is 0.656. The normalized spacial score (nSPS) is 23.6. The van der Waals surface area contributed by atoms with Crippen molar-refractivity contribution in [1.29, 1.82) is 0 Å². The Labute approximate surface area is 123 Å². The standard InChI is InChI=1S/C18H28N2/c1-15-14-16-8-6-7-11-18(16)20(15)13-12-19-17-9-4-2-3-5-10-17/h6-8,11,15,17,19H,2-5,9-10,12-14H2,1H3. The molecule has 0 spiro atoms. The fourth-order valence-electron chi connectivity index (χ4n) is 3.84. The maximum atomic E-state index is 3.80. The van der Waals surface area contributed by atoms with E-state index in [9.17, 15) is 0 Å². The molecule has 1 atom stereocenters. The molecule has 1 heterocycles. The van der Waals surface area contributed by atoms with E-state index in [1.165, 1.54) is 56.2 Å². The summed E-state index contributed by atoms with van der Waals surface area (Å²) >= 11 is 0. The monoisotopic (exact) mass is 272 g/mol. The van der Waals surface area contributed by atoms with Crippen LogP contribution in [0.3, 0.4) is 0 Å². The molecule has 0 amide bonds. The van der Waals surface area contributed by atoms with Crippen molar-refractivity contribution in [1.82, 2.24) is 5.32 Å². The van der Waals surface area contributed by atoms with E-state index < -0.39 is 0 Å². The molecule has 0 saturated heterocycles. The van der Waals surface area contributed by atoms with Crippen LogP contribution in [0, 0.1) is 0 Å². The zero-order chi connectivity index (χ0) is 13.8. The van der Waals surface area contributed by atoms with Crippen molar-refractivity contribution in [2.45, 2.75) is 64.0 Å². The van der Waals surface area contributed by atoms with E-state index in [-0.39, 0.29) is 0 Å². The van der Waals surface area contributed by atoms with Crippen molar-refractivity contribution >= 4 is 5.69 Å². The first-order valence-electron chi connectivity index (χ1n) is 8.42. The van der Waals surface area contributed by atoms with Crippen LogP contribution in [0.1, 0.15) is 51.0 Å². The van der Waals surface area contributed by atoms with Crippen LogP contribution in [0.4, 0.5) is 5.69 Å². The molecule has 0 radical (unpaired) electrons. The number of para-hydroxylation sites is 1. The van der Waals surface area contributed by atoms with Crippen LogP contribution in [0.15, 0.2) is 24.3 Å². The zero-order valence-corrected chi connectivity index (χ0v) is 12.8. The molecule has 1 aliphatic carbocycles. The highest BCUT2D eigenvalue weighted by Crippen LogP contribution is 2.31. The van der Waals surface area contributed by atoms with Gasteiger partial charge in [0.05, 0.1) is 0 Å². The molecule has 3 rings (SSSR count). The van der Waals surface area contributed by atoms with Crippen LogP contribution < -0.4 is 10.2 Å². The van der Waals surface area contributed by atoms with E-state index in [0.717, 1.165) is 19.1 Å². The Kier molecular flexibility index (Phi) is 4.62. The Morgan fingerprint density at radius 2 is 1.85 bits per heavy atom. The summed E-state index contributed by atoms with van der Waals surface area (Å²) in [5.41, 5.74) is 2.98. The summed E-state index contributed by atoms with van der Waals surface area (Å²) in [5, 5.41) is 3.80. The molecule has 20 heavy (non-hydrogen) atoms. The molecule has 2 aliphatic rings. The number of hydrogen-bond acceptors (Lipinski definition) is 2. The van der Waals surface area contributed by atoms with Crippen molar-refractivity contribution in [3.63, 3.8) is 0 Å². The highest BCUT2D eigenvalue weighted by molar-refractivity contribution is 5.59. The lowest BCUT2D eigenvalue weighted by molar-refractivity contribution is 0.459. The minimum atomic E-state index is 0.656. The molecule has 1 aromatic rings. The SMILES string of the molecule is CC1Cc2ccccc2N1CCNC1CCCCCC1. The van der Waals surface area contributed by atoms with Gasteiger partial charge in [-0.05, 0) is 37.8 Å². The third kappa shape index (κ3) is 3.17. The summed E-state index contributed by atoms with van der Waals surface area (Å²) in [4.78, 5) is 2.58. The number of anilines is 1. The maximum Gasteiger partial charge on any atom is 0.0402 e. The molecule has 1 fully saturated rings. The van der Waals surface area contributed by atoms with Crippen molar-refractivity contribution in [2.24, 2.45) is 0 Å². The van der Waals surface area contributed by atoms with E-state index in [0.29, 0.717) is 6.04 Å². The Morgan fingerprint density at radius 1 is 1.10 bits per heavy atom. The van der Waals surface area contributed by atoms with E-state index in [1.807, 2.05) is 0 Å². The molecule has 1 aliphatic heterocycles. The first-order chi connectivity index (χ1) is 9.84. The fourth-order valence-corrected chi connectivity index (χ4v) is 3.84. The summed E-state index contributed by atoms with van der Waals surface area (Å²) in [7, 11) is 0. The molecule has 0 aromatic heterocycles. The average Bonchev–Trinajstić information content (AvgIpc) is 2.65. The number of nitrogens with zero attached hydrogens (tertiary/aromatic N) is 1. The van der Waals surface area contributed by atoms with Crippen molar-refractivity contribution < 1.29 is 0 Å². The van der Waals surface area contributed by atoms with Gasteiger partial charge in [0.25, 0.3) is 0 Å². The van der Waals surface area contributed by atoms with Gasteiger partial charge in [-0.15, -0.1) is 0 Å². The first-order valence-corrected chi connectivity index (χ1v) is 8.42. The smallest absolute Gasteiger partial charge is 0.0402 e. The number of nitrogens with one attached hydrogen (secondary N) is 1. The highest BCUT2D eigenvalue weighted by Gasteiger charge is 2.24. The van der Waals surface area contributed by atoms with Gasteiger partial charge < -0.3 is 10.2 Å². The first kappa shape index (κ1) is 13.9. The van der Waals surface area contributed by atoms with E-state index in [2.05, 4.69) is 41.4 Å². The predicted octanol–water partition coefficient (Wildman–Crippen LogP) is 3.75. The number of fused-ring (bicyclic) bond motifs is 1. The maximum absolute atomic E-state index is 3.80. The fraction of sp³-hybridized carbons (Fsp3) is 0.667. The number of rotatable bonds is 4. The Morgan fingerprint density at radius 3 is 2.65 bits per heavy atom. The van der Waals surface area contributed by atoms with Crippen LogP contribution >= 0.6 is 0 Å². The van der Waals surface area contributed by atoms with Gasteiger partial charge in [-0.1, -0.05) is 43.9 Å². The van der Waals surface area contributed by atoms with Crippen LogP contribution in [-0.2, 0) is 6.42 Å². The summed E-state index contributed by atoms with van der Waals surface area (Å²) in [6.45, 7) is 4.63. The Bertz CT molecular complexity index is 421. The lowest BCUT2D eigenvalue weighted by Gasteiger charge is -2.26. The van der Waals surface area contributed by atoms with Gasteiger partial charge in [-0.3, -0.25) is 0 Å². The molecule has 1 unspecified atom stereocenters. The summed E-state index contributed by atoms with van der Waals surface area (Å²) in [6.07, 6.45) is 9.68. The Hall–Kier alpha value is -1.02. The van der Waals surface area contributed by atoms with E-state index in [4.69, 9.17) is 0 Å². The second-order valence-electron chi connectivity index (χ2n) is 6.52. The molecule has 2 heteroatoms. The topological polar surface area (TPSA) is 15.3 Å². The molecule has 110 valence electrons. The number of hydrogen-bond donors (Lipinski definition) is 1. The molecule has 1 N–H and O–H groups in total. The van der Waals surface area contributed by atoms with Gasteiger partial charge in [-0.2, -0.15) is 0 Å². The van der Waals surface area contributed by atoms with Crippen LogP contribution in [-0.4, -0.2) is 25.2 Å². The van der Waals surface area contributed by atoms with Crippen molar-refractivity contribution in [3.8, 4) is 0 Å². The van der Waals surface area contributed by atoms with Crippen LogP contribution in [0.5, 0.6) is 0 Å². The lowest BCUT2D eigenvalue weighted by Crippen LogP contribution is -2.39. The third-order valence-corrected chi connectivity index (χ3v) is 4.99. The van der Waals surface area contributed by atoms with Gasteiger partial charge in [0.1, 0.15) is 0 Å². The molecule has 1 aromatic carbocycles. The predicted molar refractivity (Wildman–Crippen MR) is 86.4 cm³/mol. The van der Waals surface area contributed by atoms with Gasteiger partial charge in [-0.25, -0.2) is 0 Å². The van der Waals surface area contributed by atoms with E-state index >= 15 is 0 Å². The minimum Gasteiger partial charge on any atom is -0.367 e.